The number of hydrogen-bond acceptors (Lipinski definition) is 7. The van der Waals surface area contributed by atoms with Crippen molar-refractivity contribution in [2.45, 2.75) is 12.2 Å². The van der Waals surface area contributed by atoms with Gasteiger partial charge in [-0.2, -0.15) is 5.10 Å². The molecule has 0 amide bonds. The van der Waals surface area contributed by atoms with Crippen LogP contribution in [0.4, 0.5) is 5.69 Å². The Balaban J connectivity index is 2.06. The zero-order valence-electron chi connectivity index (χ0n) is 14.0. The molecule has 8 nitrogen and oxygen atoms in total. The summed E-state index contributed by atoms with van der Waals surface area (Å²) in [7, 11) is 0. The van der Waals surface area contributed by atoms with E-state index in [0.717, 1.165) is 3.57 Å². The molecule has 0 aliphatic heterocycles. The van der Waals surface area contributed by atoms with E-state index >= 15 is 0 Å². The van der Waals surface area contributed by atoms with E-state index in [-0.39, 0.29) is 11.4 Å². The highest BCUT2D eigenvalue weighted by Crippen LogP contribution is 2.13. The fraction of sp³-hybridized carbons (Fsp3) is 0.167. The van der Waals surface area contributed by atoms with Gasteiger partial charge in [-0.1, -0.05) is 12.1 Å². The van der Waals surface area contributed by atoms with Crippen molar-refractivity contribution in [2.75, 3.05) is 12.0 Å². The Morgan fingerprint density at radius 2 is 1.89 bits per heavy atom. The number of aromatic amines is 1. The monoisotopic (exact) mass is 480 g/mol. The van der Waals surface area contributed by atoms with Gasteiger partial charge in [-0.3, -0.25) is 10.2 Å². The highest BCUT2D eigenvalue weighted by atomic mass is 127. The van der Waals surface area contributed by atoms with E-state index < -0.39 is 24.4 Å². The first-order valence-electron chi connectivity index (χ1n) is 8.05. The van der Waals surface area contributed by atoms with Crippen molar-refractivity contribution >= 4 is 45.0 Å². The Bertz CT molecular complexity index is 1020. The van der Waals surface area contributed by atoms with Gasteiger partial charge in [0.2, 0.25) is 0 Å². The Morgan fingerprint density at radius 1 is 1.19 bits per heavy atom. The molecule has 3 rings (SSSR count). The first-order chi connectivity index (χ1) is 13.0. The smallest absolute Gasteiger partial charge is 0.276 e. The maximum Gasteiger partial charge on any atom is 0.276 e. The van der Waals surface area contributed by atoms with Crippen LogP contribution in [0.15, 0.2) is 58.4 Å². The molecule has 0 spiro atoms. The van der Waals surface area contributed by atoms with E-state index in [4.69, 9.17) is 5.11 Å². The molecule has 1 aromatic heterocycles. The van der Waals surface area contributed by atoms with Crippen molar-refractivity contribution in [1.82, 2.24) is 9.97 Å². The number of benzene rings is 2. The quantitative estimate of drug-likeness (QED) is 0.204. The van der Waals surface area contributed by atoms with Gasteiger partial charge in [-0.15, -0.1) is 0 Å². The van der Waals surface area contributed by atoms with Crippen LogP contribution < -0.4 is 11.0 Å². The number of aliphatic hydroxyl groups is 3. The van der Waals surface area contributed by atoms with Crippen LogP contribution in [-0.2, 0) is 0 Å². The van der Waals surface area contributed by atoms with Crippen LogP contribution >= 0.6 is 22.6 Å². The van der Waals surface area contributed by atoms with E-state index in [1.54, 1.807) is 36.4 Å². The van der Waals surface area contributed by atoms with Gasteiger partial charge in [-0.05, 0) is 59.0 Å². The van der Waals surface area contributed by atoms with E-state index in [1.165, 1.54) is 0 Å². The molecule has 9 heteroatoms. The molecule has 1 heterocycles. The molecule has 0 aliphatic carbocycles. The van der Waals surface area contributed by atoms with Gasteiger partial charge in [0.05, 0.1) is 23.3 Å². The second kappa shape index (κ2) is 8.57. The number of rotatable bonds is 6. The lowest BCUT2D eigenvalue weighted by atomic mass is 10.1. The molecule has 0 saturated carbocycles. The molecule has 0 aliphatic rings. The van der Waals surface area contributed by atoms with Crippen LogP contribution in [0.25, 0.3) is 11.0 Å². The van der Waals surface area contributed by atoms with E-state index in [9.17, 15) is 15.0 Å². The molecule has 0 fully saturated rings. The Hall–Kier alpha value is -2.34. The van der Waals surface area contributed by atoms with Gasteiger partial charge in [0.15, 0.2) is 5.69 Å². The third-order valence-corrected chi connectivity index (χ3v) is 4.54. The van der Waals surface area contributed by atoms with E-state index in [2.05, 4.69) is 43.1 Å². The highest BCUT2D eigenvalue weighted by molar-refractivity contribution is 14.1. The second-order valence-electron chi connectivity index (χ2n) is 5.74. The van der Waals surface area contributed by atoms with Crippen molar-refractivity contribution in [3.05, 3.63) is 68.1 Å². The van der Waals surface area contributed by atoms with Crippen molar-refractivity contribution in [2.24, 2.45) is 5.10 Å². The normalized spacial score (nSPS) is 14.1. The van der Waals surface area contributed by atoms with Gasteiger partial charge >= 0.3 is 0 Å². The SMILES string of the molecule is O=c1[nH]c2ccccc2nc1/C(=N/Nc1ccc(I)cc1)C(O)C(O)CO. The summed E-state index contributed by atoms with van der Waals surface area (Å²) in [5.41, 5.74) is 3.51. The van der Waals surface area contributed by atoms with Crippen LogP contribution in [-0.4, -0.2) is 49.8 Å². The van der Waals surface area contributed by atoms with Crippen LogP contribution in [0.3, 0.4) is 0 Å². The number of aliphatic hydroxyl groups excluding tert-OH is 3. The van der Waals surface area contributed by atoms with Gasteiger partial charge in [0.25, 0.3) is 5.56 Å². The standard InChI is InChI=1S/C18H17IN4O4/c19-10-5-7-11(8-6-10)22-23-15(17(26)14(25)9-24)16-18(27)21-13-4-2-1-3-12(13)20-16/h1-8,14,17,22,24-26H,9H2,(H,21,27)/b23-15-. The lowest BCUT2D eigenvalue weighted by Crippen LogP contribution is -2.40. The summed E-state index contributed by atoms with van der Waals surface area (Å²) < 4.78 is 1.03. The summed E-state index contributed by atoms with van der Waals surface area (Å²) >= 11 is 2.16. The number of nitrogens with zero attached hydrogens (tertiary/aromatic N) is 2. The van der Waals surface area contributed by atoms with Gasteiger partial charge in [-0.25, -0.2) is 4.98 Å². The average molecular weight is 480 g/mol. The van der Waals surface area contributed by atoms with Crippen molar-refractivity contribution in [3.8, 4) is 0 Å². The zero-order chi connectivity index (χ0) is 19.4. The Kier molecular flexibility index (Phi) is 6.16. The number of aromatic nitrogens is 2. The maximum absolute atomic E-state index is 12.5. The fourth-order valence-corrected chi connectivity index (χ4v) is 2.75. The summed E-state index contributed by atoms with van der Waals surface area (Å²) in [6.45, 7) is -0.699. The summed E-state index contributed by atoms with van der Waals surface area (Å²) in [4.78, 5) is 19.4. The predicted octanol–water partition coefficient (Wildman–Crippen LogP) is 1.06. The highest BCUT2D eigenvalue weighted by Gasteiger charge is 2.26. The minimum Gasteiger partial charge on any atom is -0.394 e. The number of hydrogen-bond donors (Lipinski definition) is 5. The Labute approximate surface area is 167 Å². The fourth-order valence-electron chi connectivity index (χ4n) is 2.39. The molecule has 140 valence electrons. The van der Waals surface area contributed by atoms with Gasteiger partial charge in [0.1, 0.15) is 17.9 Å². The molecule has 0 saturated heterocycles. The first kappa shape index (κ1) is 19.4. The molecular weight excluding hydrogens is 463 g/mol. The predicted molar refractivity (Wildman–Crippen MR) is 111 cm³/mol. The number of H-pyrrole nitrogens is 1. The average Bonchev–Trinajstić information content (AvgIpc) is 2.68. The van der Waals surface area contributed by atoms with Crippen LogP contribution in [0.1, 0.15) is 5.69 Å². The molecule has 3 aromatic rings. The second-order valence-corrected chi connectivity index (χ2v) is 6.99. The molecule has 2 aromatic carbocycles. The van der Waals surface area contributed by atoms with Crippen molar-refractivity contribution in [1.29, 1.82) is 0 Å². The minimum absolute atomic E-state index is 0.147. The molecule has 0 radical (unpaired) electrons. The lowest BCUT2D eigenvalue weighted by Gasteiger charge is -2.17. The molecule has 2 unspecified atom stereocenters. The van der Waals surface area contributed by atoms with Gasteiger partial charge < -0.3 is 20.3 Å². The molecule has 2 atom stereocenters. The maximum atomic E-state index is 12.5. The number of anilines is 1. The largest absolute Gasteiger partial charge is 0.394 e. The van der Waals surface area contributed by atoms with E-state index in [0.29, 0.717) is 16.7 Å². The number of para-hydroxylation sites is 2. The summed E-state index contributed by atoms with van der Waals surface area (Å²) in [5.74, 6) is 0. The number of nitrogens with one attached hydrogen (secondary N) is 2. The summed E-state index contributed by atoms with van der Waals surface area (Å²) in [5, 5.41) is 33.5. The third kappa shape index (κ3) is 4.50. The molecule has 27 heavy (non-hydrogen) atoms. The number of hydrazone groups is 1. The van der Waals surface area contributed by atoms with Crippen molar-refractivity contribution < 1.29 is 15.3 Å². The summed E-state index contributed by atoms with van der Waals surface area (Å²) in [6, 6.07) is 14.2. The lowest BCUT2D eigenvalue weighted by molar-refractivity contribution is 0.0185. The number of halogens is 1. The Morgan fingerprint density at radius 3 is 2.59 bits per heavy atom. The number of fused-ring (bicyclic) bond motifs is 1. The zero-order valence-corrected chi connectivity index (χ0v) is 16.2. The minimum atomic E-state index is -1.61. The third-order valence-electron chi connectivity index (χ3n) is 3.82. The van der Waals surface area contributed by atoms with Crippen molar-refractivity contribution in [3.63, 3.8) is 0 Å². The molecule has 0 bridgehead atoms. The molecular formula is C18H17IN4O4. The van der Waals surface area contributed by atoms with Crippen LogP contribution in [0.5, 0.6) is 0 Å². The van der Waals surface area contributed by atoms with Gasteiger partial charge in [0, 0.05) is 3.57 Å². The van der Waals surface area contributed by atoms with E-state index in [1.807, 2.05) is 12.1 Å². The topological polar surface area (TPSA) is 131 Å². The van der Waals surface area contributed by atoms with Crippen LogP contribution in [0, 0.1) is 3.57 Å². The summed E-state index contributed by atoms with van der Waals surface area (Å²) in [6.07, 6.45) is -3.13. The molecule has 5 N–H and O–H groups in total. The first-order valence-corrected chi connectivity index (χ1v) is 9.13. The van der Waals surface area contributed by atoms with Crippen LogP contribution in [0.2, 0.25) is 0 Å².